The van der Waals surface area contributed by atoms with Crippen LogP contribution >= 0.6 is 0 Å². The second-order valence-electron chi connectivity index (χ2n) is 4.25. The smallest absolute Gasteiger partial charge is 0.176 e. The molecule has 0 fully saturated rings. The fraction of sp³-hybridized carbons (Fsp3) is 0.667. The van der Waals surface area contributed by atoms with Crippen molar-refractivity contribution >= 4 is 17.1 Å². The van der Waals surface area contributed by atoms with E-state index in [2.05, 4.69) is 14.5 Å². The van der Waals surface area contributed by atoms with Crippen molar-refractivity contribution in [1.29, 1.82) is 0 Å². The summed E-state index contributed by atoms with van der Waals surface area (Å²) in [6.45, 7) is 7.44. The first kappa shape index (κ1) is 12.2. The number of aromatic nitrogens is 3. The highest BCUT2D eigenvalue weighted by atomic mass is 32.2. The fourth-order valence-electron chi connectivity index (χ4n) is 0.926. The maximum Gasteiger partial charge on any atom is 0.176 e. The van der Waals surface area contributed by atoms with Crippen molar-refractivity contribution in [2.75, 3.05) is 0 Å². The van der Waals surface area contributed by atoms with Gasteiger partial charge in [-0.2, -0.15) is 5.10 Å². The van der Waals surface area contributed by atoms with Gasteiger partial charge in [-0.3, -0.25) is 0 Å². The van der Waals surface area contributed by atoms with Gasteiger partial charge in [0.05, 0.1) is 0 Å². The first-order chi connectivity index (χ1) is 6.82. The monoisotopic (exact) mass is 228 g/mol. The Morgan fingerprint density at radius 2 is 2.13 bits per heavy atom. The number of rotatable bonds is 2. The Bertz CT molecular complexity index is 366. The van der Waals surface area contributed by atoms with Crippen molar-refractivity contribution in [3.8, 4) is 0 Å². The van der Waals surface area contributed by atoms with Crippen LogP contribution in [0.25, 0.3) is 0 Å². The lowest BCUT2D eigenvalue weighted by molar-refractivity contribution is 0.561. The van der Waals surface area contributed by atoms with Gasteiger partial charge >= 0.3 is 0 Å². The molecule has 1 aromatic heterocycles. The van der Waals surface area contributed by atoms with E-state index in [1.165, 1.54) is 6.33 Å². The Morgan fingerprint density at radius 3 is 2.53 bits per heavy atom. The molecule has 1 rings (SSSR count). The summed E-state index contributed by atoms with van der Waals surface area (Å²) in [5, 5.41) is 3.93. The first-order valence-electron chi connectivity index (χ1n) is 4.64. The third-order valence-corrected chi connectivity index (χ3v) is 3.27. The maximum absolute atomic E-state index is 11.7. The summed E-state index contributed by atoms with van der Waals surface area (Å²) >= 11 is -1.25. The molecule has 1 heterocycles. The summed E-state index contributed by atoms with van der Waals surface area (Å²) in [4.78, 5) is 4.04. The number of hydrogen-bond acceptors (Lipinski definition) is 4. The van der Waals surface area contributed by atoms with Crippen LogP contribution in [0.5, 0.6) is 0 Å². The molecule has 0 saturated heterocycles. The molecule has 5 nitrogen and oxygen atoms in total. The maximum atomic E-state index is 11.7. The molecule has 0 bridgehead atoms. The second-order valence-corrected chi connectivity index (χ2v) is 6.15. The zero-order valence-electron chi connectivity index (χ0n) is 9.68. The van der Waals surface area contributed by atoms with Crippen molar-refractivity contribution < 1.29 is 4.55 Å². The average molecular weight is 228 g/mol. The lowest BCUT2D eigenvalue weighted by Crippen LogP contribution is -2.27. The van der Waals surface area contributed by atoms with Crippen molar-refractivity contribution in [3.05, 3.63) is 12.2 Å². The molecule has 1 atom stereocenters. The van der Waals surface area contributed by atoms with Gasteiger partial charge in [0.15, 0.2) is 5.82 Å². The van der Waals surface area contributed by atoms with E-state index in [0.29, 0.717) is 11.5 Å². The predicted octanol–water partition coefficient (Wildman–Crippen LogP) is 1.09. The quantitative estimate of drug-likeness (QED) is 0.562. The van der Waals surface area contributed by atoms with Crippen LogP contribution in [0.2, 0.25) is 0 Å². The molecule has 0 aliphatic carbocycles. The SMILES string of the molecule is CC(=N[S+]([O-])C(C)(C)C)c1ncnn1C. The standard InChI is InChI=1S/C9H16N4OS/c1-7(8-10-6-11-13(8)5)12-15(14)9(2,3)4/h6H,1-5H3. The van der Waals surface area contributed by atoms with Gasteiger partial charge < -0.3 is 4.55 Å². The molecule has 6 heteroatoms. The largest absolute Gasteiger partial charge is 0.591 e. The summed E-state index contributed by atoms with van der Waals surface area (Å²) in [7, 11) is 1.78. The van der Waals surface area contributed by atoms with E-state index in [4.69, 9.17) is 0 Å². The van der Waals surface area contributed by atoms with Gasteiger partial charge in [-0.25, -0.2) is 9.67 Å². The Labute approximate surface area is 92.9 Å². The number of hydrogen-bond donors (Lipinski definition) is 0. The van der Waals surface area contributed by atoms with Crippen molar-refractivity contribution in [2.45, 2.75) is 32.4 Å². The third-order valence-electron chi connectivity index (χ3n) is 1.78. The molecule has 1 aromatic rings. The van der Waals surface area contributed by atoms with E-state index in [1.54, 1.807) is 18.7 Å². The van der Waals surface area contributed by atoms with E-state index in [-0.39, 0.29) is 4.75 Å². The molecular weight excluding hydrogens is 212 g/mol. The molecule has 0 aliphatic heterocycles. The van der Waals surface area contributed by atoms with E-state index < -0.39 is 11.4 Å². The van der Waals surface area contributed by atoms with Crippen molar-refractivity contribution in [2.24, 2.45) is 11.4 Å². The predicted molar refractivity (Wildman–Crippen MR) is 61.1 cm³/mol. The molecule has 0 saturated carbocycles. The zero-order chi connectivity index (χ0) is 11.6. The van der Waals surface area contributed by atoms with Gasteiger partial charge in [-0.1, -0.05) is 4.40 Å². The van der Waals surface area contributed by atoms with Gasteiger partial charge in [0.25, 0.3) is 0 Å². The average Bonchev–Trinajstić information content (AvgIpc) is 2.49. The molecule has 0 spiro atoms. The van der Waals surface area contributed by atoms with Crippen molar-refractivity contribution in [3.63, 3.8) is 0 Å². The second kappa shape index (κ2) is 4.32. The third kappa shape index (κ3) is 3.04. The van der Waals surface area contributed by atoms with E-state index in [0.717, 1.165) is 0 Å². The minimum absolute atomic E-state index is 0.347. The van der Waals surface area contributed by atoms with E-state index >= 15 is 0 Å². The molecule has 0 aromatic carbocycles. The van der Waals surface area contributed by atoms with Crippen LogP contribution in [-0.2, 0) is 18.4 Å². The topological polar surface area (TPSA) is 66.1 Å². The van der Waals surface area contributed by atoms with Crippen LogP contribution in [0.1, 0.15) is 33.5 Å². The lowest BCUT2D eigenvalue weighted by Gasteiger charge is -2.18. The Hall–Kier alpha value is -0.880. The van der Waals surface area contributed by atoms with Gasteiger partial charge in [-0.15, -0.1) is 0 Å². The molecule has 84 valence electrons. The Kier molecular flexibility index (Phi) is 3.51. The van der Waals surface area contributed by atoms with Gasteiger partial charge in [0, 0.05) is 7.05 Å². The highest BCUT2D eigenvalue weighted by molar-refractivity contribution is 7.91. The van der Waals surface area contributed by atoms with Crippen LogP contribution in [0.15, 0.2) is 10.7 Å². The van der Waals surface area contributed by atoms with E-state index in [1.807, 2.05) is 20.8 Å². The molecule has 0 radical (unpaired) electrons. The summed E-state index contributed by atoms with van der Waals surface area (Å²) in [6.07, 6.45) is 1.45. The molecule has 0 N–H and O–H groups in total. The van der Waals surface area contributed by atoms with Crippen LogP contribution in [0, 0.1) is 0 Å². The number of nitrogens with zero attached hydrogens (tertiary/aromatic N) is 4. The van der Waals surface area contributed by atoms with Crippen molar-refractivity contribution in [1.82, 2.24) is 14.8 Å². The summed E-state index contributed by atoms with van der Waals surface area (Å²) in [5.74, 6) is 0.646. The first-order valence-corrected chi connectivity index (χ1v) is 5.74. The summed E-state index contributed by atoms with van der Waals surface area (Å²) in [6, 6.07) is 0. The van der Waals surface area contributed by atoms with E-state index in [9.17, 15) is 4.55 Å². The van der Waals surface area contributed by atoms with Crippen LogP contribution < -0.4 is 0 Å². The Morgan fingerprint density at radius 1 is 1.53 bits per heavy atom. The molecule has 1 unspecified atom stereocenters. The minimum atomic E-state index is -1.25. The minimum Gasteiger partial charge on any atom is -0.591 e. The van der Waals surface area contributed by atoms with Gasteiger partial charge in [-0.05, 0) is 27.7 Å². The van der Waals surface area contributed by atoms with Gasteiger partial charge in [0.2, 0.25) is 0 Å². The highest BCUT2D eigenvalue weighted by Gasteiger charge is 2.27. The van der Waals surface area contributed by atoms with Crippen LogP contribution in [0.3, 0.4) is 0 Å². The molecule has 0 amide bonds. The fourth-order valence-corrected chi connectivity index (χ4v) is 1.53. The highest BCUT2D eigenvalue weighted by Crippen LogP contribution is 2.17. The Balaban J connectivity index is 2.90. The molecule has 15 heavy (non-hydrogen) atoms. The summed E-state index contributed by atoms with van der Waals surface area (Å²) < 4.78 is 17.1. The summed E-state index contributed by atoms with van der Waals surface area (Å²) in [5.41, 5.74) is 0.642. The van der Waals surface area contributed by atoms with Crippen LogP contribution in [-0.4, -0.2) is 29.8 Å². The lowest BCUT2D eigenvalue weighted by atomic mass is 10.3. The number of aryl methyl sites for hydroxylation is 1. The van der Waals surface area contributed by atoms with Gasteiger partial charge in [0.1, 0.15) is 28.1 Å². The normalized spacial score (nSPS) is 15.5. The molecule has 0 aliphatic rings. The molecular formula is C9H16N4OS. The van der Waals surface area contributed by atoms with Crippen LogP contribution in [0.4, 0.5) is 0 Å². The zero-order valence-corrected chi connectivity index (χ0v) is 10.5.